The van der Waals surface area contributed by atoms with Crippen LogP contribution in [-0.2, 0) is 19.2 Å². The molecule has 11 heteroatoms. The molecule has 0 bridgehead atoms. The number of thiazole rings is 1. The van der Waals surface area contributed by atoms with Gasteiger partial charge in [-0.15, -0.1) is 11.3 Å². The van der Waals surface area contributed by atoms with Crippen molar-refractivity contribution in [2.75, 3.05) is 11.9 Å². The van der Waals surface area contributed by atoms with Crippen molar-refractivity contribution in [3.8, 4) is 17.1 Å². The maximum Gasteiger partial charge on any atom is 0.246 e. The molecule has 250 valence electrons. The number of ketones is 3. The molecule has 1 aliphatic heterocycles. The molecule has 0 radical (unpaired) electrons. The Hall–Kier alpha value is -3.63. The van der Waals surface area contributed by atoms with Crippen LogP contribution < -0.4 is 10.1 Å². The average molecular weight is 679 g/mol. The summed E-state index contributed by atoms with van der Waals surface area (Å²) in [6.07, 6.45) is 4.42. The molecule has 1 N–H and O–H groups in total. The highest BCUT2D eigenvalue weighted by Crippen LogP contribution is 2.35. The van der Waals surface area contributed by atoms with Gasteiger partial charge in [-0.1, -0.05) is 76.0 Å². The van der Waals surface area contributed by atoms with Gasteiger partial charge in [0.05, 0.1) is 23.3 Å². The molecule has 4 atom stereocenters. The molecule has 5 rings (SSSR count). The normalized spacial score (nSPS) is 19.2. The third-order valence-corrected chi connectivity index (χ3v) is 9.76. The number of nitrogens with zero attached hydrogens (tertiary/aromatic N) is 3. The van der Waals surface area contributed by atoms with Crippen LogP contribution in [0.5, 0.6) is 5.88 Å². The lowest BCUT2D eigenvalue weighted by Crippen LogP contribution is -2.53. The van der Waals surface area contributed by atoms with Gasteiger partial charge in [0, 0.05) is 48.4 Å². The second kappa shape index (κ2) is 15.1. The van der Waals surface area contributed by atoms with E-state index in [0.29, 0.717) is 28.9 Å². The summed E-state index contributed by atoms with van der Waals surface area (Å²) in [5.41, 5.74) is 1.23. The largest absolute Gasteiger partial charge is 0.472 e. The molecule has 0 unspecified atom stereocenters. The first-order valence-corrected chi connectivity index (χ1v) is 17.6. The van der Waals surface area contributed by atoms with Gasteiger partial charge in [-0.25, -0.2) is 9.97 Å². The Labute approximate surface area is 285 Å². The number of pyridine rings is 1. The minimum Gasteiger partial charge on any atom is -0.472 e. The number of benzene rings is 1. The number of hydrogen-bond donors (Lipinski definition) is 1. The number of Topliss-reactive ketones (excluding diaryl/α,β-unsaturated/α-hetero) is 3. The quantitative estimate of drug-likeness (QED) is 0.170. The Kier molecular flexibility index (Phi) is 11.1. The predicted molar refractivity (Wildman–Crippen MR) is 184 cm³/mol. The van der Waals surface area contributed by atoms with Crippen LogP contribution in [0.1, 0.15) is 72.6 Å². The fraction of sp³-hybridized carbons (Fsp3) is 0.500. The Morgan fingerprint density at radius 2 is 1.85 bits per heavy atom. The standard InChI is InChI=1S/C36H43ClN4O5S/c1-5-9-24(32(44)30(43)16-22-12-13-22)17-29(42)28-18-26(46-31-15-14-25(37)19-38-31)20-41(28)34(45)33(36(2,3)4)40-35-39-27(21-47-35)23-10-7-6-8-11-23/h6-8,10-11,14-15,19,21-22,24,26,28,33H,5,9,12-13,16-18,20H2,1-4H3,(H,39,40)/t24-,26-,28+,33-/m1/s1. The van der Waals surface area contributed by atoms with Crippen LogP contribution in [0.25, 0.3) is 11.3 Å². The predicted octanol–water partition coefficient (Wildman–Crippen LogP) is 7.05. The number of anilines is 1. The van der Waals surface area contributed by atoms with Gasteiger partial charge in [-0.3, -0.25) is 19.2 Å². The van der Waals surface area contributed by atoms with Crippen molar-refractivity contribution in [2.24, 2.45) is 17.3 Å². The van der Waals surface area contributed by atoms with Crippen molar-refractivity contribution in [3.05, 3.63) is 59.1 Å². The molecular weight excluding hydrogens is 636 g/mol. The van der Waals surface area contributed by atoms with Crippen LogP contribution in [0.3, 0.4) is 0 Å². The molecule has 3 heterocycles. The van der Waals surface area contributed by atoms with Crippen molar-refractivity contribution >= 4 is 51.3 Å². The number of aromatic nitrogens is 2. The van der Waals surface area contributed by atoms with E-state index in [1.807, 2.05) is 63.4 Å². The fourth-order valence-electron chi connectivity index (χ4n) is 6.02. The molecule has 2 aromatic heterocycles. The van der Waals surface area contributed by atoms with Crippen LogP contribution in [0.15, 0.2) is 54.0 Å². The van der Waals surface area contributed by atoms with Gasteiger partial charge < -0.3 is 15.0 Å². The van der Waals surface area contributed by atoms with E-state index in [1.165, 1.54) is 17.5 Å². The number of amides is 1. The highest BCUT2D eigenvalue weighted by Gasteiger charge is 2.46. The average Bonchev–Trinajstić information content (AvgIpc) is 3.55. The minimum absolute atomic E-state index is 0.0933. The highest BCUT2D eigenvalue weighted by atomic mass is 35.5. The number of rotatable bonds is 15. The number of ether oxygens (including phenoxy) is 1. The number of carbonyl (C=O) groups is 4. The van der Waals surface area contributed by atoms with Crippen molar-refractivity contribution in [3.63, 3.8) is 0 Å². The summed E-state index contributed by atoms with van der Waals surface area (Å²) in [5, 5.41) is 6.38. The van der Waals surface area contributed by atoms with Gasteiger partial charge in [0.2, 0.25) is 17.6 Å². The van der Waals surface area contributed by atoms with E-state index in [9.17, 15) is 19.2 Å². The second-order valence-corrected chi connectivity index (χ2v) is 15.0. The number of hydrogen-bond acceptors (Lipinski definition) is 9. The van der Waals surface area contributed by atoms with Crippen LogP contribution in [0, 0.1) is 17.3 Å². The molecule has 1 saturated heterocycles. The molecule has 47 heavy (non-hydrogen) atoms. The Morgan fingerprint density at radius 1 is 1.11 bits per heavy atom. The van der Waals surface area contributed by atoms with Gasteiger partial charge >= 0.3 is 0 Å². The second-order valence-electron chi connectivity index (χ2n) is 13.7. The maximum atomic E-state index is 14.5. The van der Waals surface area contributed by atoms with Gasteiger partial charge in [-0.2, -0.15) is 0 Å². The molecule has 1 saturated carbocycles. The summed E-state index contributed by atoms with van der Waals surface area (Å²) in [7, 11) is 0. The van der Waals surface area contributed by atoms with E-state index in [2.05, 4.69) is 10.3 Å². The zero-order valence-corrected chi connectivity index (χ0v) is 29.0. The lowest BCUT2D eigenvalue weighted by molar-refractivity contribution is -0.142. The van der Waals surface area contributed by atoms with Crippen molar-refractivity contribution in [2.45, 2.75) is 90.8 Å². The molecule has 1 aliphatic carbocycles. The van der Waals surface area contributed by atoms with E-state index >= 15 is 0 Å². The van der Waals surface area contributed by atoms with Crippen LogP contribution in [0.4, 0.5) is 5.13 Å². The lowest BCUT2D eigenvalue weighted by atomic mass is 9.85. The van der Waals surface area contributed by atoms with E-state index in [1.54, 1.807) is 17.0 Å². The molecule has 3 aromatic rings. The third-order valence-electron chi connectivity index (χ3n) is 8.76. The zero-order valence-electron chi connectivity index (χ0n) is 27.4. The van der Waals surface area contributed by atoms with Crippen LogP contribution in [0.2, 0.25) is 5.02 Å². The zero-order chi connectivity index (χ0) is 33.7. The fourth-order valence-corrected chi connectivity index (χ4v) is 6.88. The van der Waals surface area contributed by atoms with Crippen molar-refractivity contribution in [1.82, 2.24) is 14.9 Å². The van der Waals surface area contributed by atoms with Gasteiger partial charge in [-0.05, 0) is 36.7 Å². The number of nitrogens with one attached hydrogen (secondary N) is 1. The van der Waals surface area contributed by atoms with E-state index < -0.39 is 35.3 Å². The number of likely N-dealkylation sites (tertiary alicyclic amines) is 1. The van der Waals surface area contributed by atoms with E-state index in [-0.39, 0.29) is 49.2 Å². The summed E-state index contributed by atoms with van der Waals surface area (Å²) < 4.78 is 6.15. The monoisotopic (exact) mass is 678 g/mol. The summed E-state index contributed by atoms with van der Waals surface area (Å²) in [6.45, 7) is 8.00. The smallest absolute Gasteiger partial charge is 0.246 e. The molecule has 2 fully saturated rings. The Balaban J connectivity index is 1.38. The molecule has 1 aromatic carbocycles. The van der Waals surface area contributed by atoms with Crippen molar-refractivity contribution < 1.29 is 23.9 Å². The first-order chi connectivity index (χ1) is 22.4. The SMILES string of the molecule is CCC[C@H](CC(=O)[C@@H]1C[C@@H](Oc2ccc(Cl)cn2)CN1C(=O)[C@@H](Nc1nc(-c2ccccc2)cs1)C(C)(C)C)C(=O)C(=O)CC1CC1. The van der Waals surface area contributed by atoms with Gasteiger partial charge in [0.25, 0.3) is 0 Å². The van der Waals surface area contributed by atoms with Crippen LogP contribution in [-0.4, -0.2) is 62.9 Å². The first kappa shape index (κ1) is 34.7. The maximum absolute atomic E-state index is 14.5. The van der Waals surface area contributed by atoms with Gasteiger partial charge in [0.15, 0.2) is 16.7 Å². The lowest BCUT2D eigenvalue weighted by Gasteiger charge is -2.35. The molecule has 2 aliphatic rings. The van der Waals surface area contributed by atoms with E-state index in [0.717, 1.165) is 24.1 Å². The first-order valence-electron chi connectivity index (χ1n) is 16.4. The van der Waals surface area contributed by atoms with E-state index in [4.69, 9.17) is 21.3 Å². The Morgan fingerprint density at radius 3 is 2.49 bits per heavy atom. The van der Waals surface area contributed by atoms with Crippen LogP contribution >= 0.6 is 22.9 Å². The molecule has 0 spiro atoms. The molecule has 9 nitrogen and oxygen atoms in total. The van der Waals surface area contributed by atoms with Gasteiger partial charge in [0.1, 0.15) is 12.1 Å². The summed E-state index contributed by atoms with van der Waals surface area (Å²) in [6, 6.07) is 11.6. The number of halogens is 1. The van der Waals surface area contributed by atoms with Crippen molar-refractivity contribution in [1.29, 1.82) is 0 Å². The molecule has 1 amide bonds. The summed E-state index contributed by atoms with van der Waals surface area (Å²) in [5.74, 6) is -1.42. The topological polar surface area (TPSA) is 119 Å². The Bertz CT molecular complexity index is 1570. The number of carbonyl (C=O) groups excluding carboxylic acids is 4. The summed E-state index contributed by atoms with van der Waals surface area (Å²) >= 11 is 7.43. The third kappa shape index (κ3) is 9.05. The minimum atomic E-state index is -0.826. The highest BCUT2D eigenvalue weighted by molar-refractivity contribution is 7.14. The molecular formula is C36H43ClN4O5S. The summed E-state index contributed by atoms with van der Waals surface area (Å²) in [4.78, 5) is 65.1.